The predicted octanol–water partition coefficient (Wildman–Crippen LogP) is 0.979. The fourth-order valence-corrected chi connectivity index (χ4v) is 1.76. The van der Waals surface area contributed by atoms with Crippen LogP contribution < -0.4 is 10.6 Å². The Morgan fingerprint density at radius 3 is 2.70 bits per heavy atom. The van der Waals surface area contributed by atoms with Gasteiger partial charge in [0.05, 0.1) is 12.1 Å². The standard InChI is InChI=1S/C14H18N4O2/c1-14(2,3)16-12(19)9-15-13(20)11-8-10-6-4-5-7-18(10)17-11/h4-8H,9H2,1-3H3,(H,15,20)(H,16,19). The van der Waals surface area contributed by atoms with Crippen LogP contribution in [0.4, 0.5) is 0 Å². The Hall–Kier alpha value is -2.37. The van der Waals surface area contributed by atoms with Gasteiger partial charge in [-0.3, -0.25) is 9.59 Å². The lowest BCUT2D eigenvalue weighted by atomic mass is 10.1. The van der Waals surface area contributed by atoms with E-state index in [1.165, 1.54) is 0 Å². The maximum Gasteiger partial charge on any atom is 0.272 e. The summed E-state index contributed by atoms with van der Waals surface area (Å²) in [6.45, 7) is 5.59. The normalized spacial score (nSPS) is 11.3. The molecule has 20 heavy (non-hydrogen) atoms. The van der Waals surface area contributed by atoms with Crippen molar-refractivity contribution in [3.8, 4) is 0 Å². The molecule has 0 aliphatic rings. The minimum Gasteiger partial charge on any atom is -0.350 e. The summed E-state index contributed by atoms with van der Waals surface area (Å²) in [4.78, 5) is 23.5. The van der Waals surface area contributed by atoms with Crippen molar-refractivity contribution in [2.24, 2.45) is 0 Å². The van der Waals surface area contributed by atoms with E-state index in [9.17, 15) is 9.59 Å². The monoisotopic (exact) mass is 274 g/mol. The van der Waals surface area contributed by atoms with Crippen LogP contribution in [0.15, 0.2) is 30.5 Å². The first-order valence-electron chi connectivity index (χ1n) is 6.39. The number of nitrogens with zero attached hydrogens (tertiary/aromatic N) is 2. The van der Waals surface area contributed by atoms with Gasteiger partial charge in [-0.15, -0.1) is 0 Å². The number of aromatic nitrogens is 2. The van der Waals surface area contributed by atoms with Crippen molar-refractivity contribution in [3.05, 3.63) is 36.2 Å². The molecule has 0 aliphatic carbocycles. The van der Waals surface area contributed by atoms with Gasteiger partial charge in [-0.25, -0.2) is 4.52 Å². The summed E-state index contributed by atoms with van der Waals surface area (Å²) in [6, 6.07) is 7.24. The predicted molar refractivity (Wildman–Crippen MR) is 75.4 cm³/mol. The Morgan fingerprint density at radius 1 is 1.30 bits per heavy atom. The summed E-state index contributed by atoms with van der Waals surface area (Å²) in [5.41, 5.74) is 0.807. The molecule has 2 N–H and O–H groups in total. The highest BCUT2D eigenvalue weighted by Gasteiger charge is 2.15. The van der Waals surface area contributed by atoms with Gasteiger partial charge in [0, 0.05) is 11.7 Å². The van der Waals surface area contributed by atoms with Crippen molar-refractivity contribution in [1.29, 1.82) is 0 Å². The summed E-state index contributed by atoms with van der Waals surface area (Å²) < 4.78 is 1.62. The van der Waals surface area contributed by atoms with Crippen molar-refractivity contribution in [2.75, 3.05) is 6.54 Å². The molecule has 0 unspecified atom stereocenters. The molecule has 106 valence electrons. The van der Waals surface area contributed by atoms with E-state index in [1.54, 1.807) is 16.8 Å². The van der Waals surface area contributed by atoms with Crippen LogP contribution in [0.1, 0.15) is 31.3 Å². The third kappa shape index (κ3) is 3.57. The summed E-state index contributed by atoms with van der Waals surface area (Å²) in [5, 5.41) is 9.47. The van der Waals surface area contributed by atoms with E-state index >= 15 is 0 Å². The Labute approximate surface area is 117 Å². The maximum atomic E-state index is 11.9. The minimum absolute atomic E-state index is 0.0655. The molecule has 2 rings (SSSR count). The molecule has 0 radical (unpaired) electrons. The van der Waals surface area contributed by atoms with Crippen LogP contribution in [-0.4, -0.2) is 33.5 Å². The first-order valence-corrected chi connectivity index (χ1v) is 6.39. The van der Waals surface area contributed by atoms with Crippen LogP contribution in [0.3, 0.4) is 0 Å². The third-order valence-electron chi connectivity index (χ3n) is 2.53. The maximum absolute atomic E-state index is 11.9. The minimum atomic E-state index is -0.363. The molecule has 0 saturated heterocycles. The molecule has 2 heterocycles. The molecular weight excluding hydrogens is 256 g/mol. The SMILES string of the molecule is CC(C)(C)NC(=O)CNC(=O)c1cc2ccccn2n1. The average Bonchev–Trinajstić information content (AvgIpc) is 2.77. The van der Waals surface area contributed by atoms with Gasteiger partial charge in [-0.05, 0) is 39.0 Å². The van der Waals surface area contributed by atoms with Crippen molar-refractivity contribution >= 4 is 17.3 Å². The summed E-state index contributed by atoms with van der Waals surface area (Å²) in [6.07, 6.45) is 1.76. The number of carbonyl (C=O) groups is 2. The number of fused-ring (bicyclic) bond motifs is 1. The van der Waals surface area contributed by atoms with E-state index in [-0.39, 0.29) is 23.9 Å². The first-order chi connectivity index (χ1) is 9.35. The van der Waals surface area contributed by atoms with Crippen LogP contribution in [0.2, 0.25) is 0 Å². The zero-order chi connectivity index (χ0) is 14.8. The Balaban J connectivity index is 1.97. The Kier molecular flexibility index (Phi) is 3.74. The second-order valence-electron chi connectivity index (χ2n) is 5.58. The van der Waals surface area contributed by atoms with E-state index in [0.29, 0.717) is 5.69 Å². The van der Waals surface area contributed by atoms with Crippen molar-refractivity contribution in [2.45, 2.75) is 26.3 Å². The van der Waals surface area contributed by atoms with Crippen LogP contribution in [-0.2, 0) is 4.79 Å². The van der Waals surface area contributed by atoms with Gasteiger partial charge in [0.15, 0.2) is 5.69 Å². The lowest BCUT2D eigenvalue weighted by Gasteiger charge is -2.20. The van der Waals surface area contributed by atoms with E-state index in [2.05, 4.69) is 15.7 Å². The molecule has 0 spiro atoms. The number of rotatable bonds is 3. The quantitative estimate of drug-likeness (QED) is 0.876. The topological polar surface area (TPSA) is 75.5 Å². The number of hydrogen-bond donors (Lipinski definition) is 2. The van der Waals surface area contributed by atoms with Crippen LogP contribution in [0.5, 0.6) is 0 Å². The second kappa shape index (κ2) is 5.32. The fraction of sp³-hybridized carbons (Fsp3) is 0.357. The molecule has 2 aromatic heterocycles. The van der Waals surface area contributed by atoms with E-state index in [1.807, 2.05) is 39.0 Å². The molecule has 0 fully saturated rings. The number of carbonyl (C=O) groups excluding carboxylic acids is 2. The summed E-state index contributed by atoms with van der Waals surface area (Å²) in [5.74, 6) is -0.590. The molecule has 2 amide bonds. The molecule has 6 heteroatoms. The number of amides is 2. The van der Waals surface area contributed by atoms with Crippen LogP contribution in [0.25, 0.3) is 5.52 Å². The van der Waals surface area contributed by atoms with Gasteiger partial charge >= 0.3 is 0 Å². The highest BCUT2D eigenvalue weighted by atomic mass is 16.2. The van der Waals surface area contributed by atoms with Gasteiger partial charge in [0.2, 0.25) is 5.91 Å². The van der Waals surface area contributed by atoms with Gasteiger partial charge in [0.1, 0.15) is 0 Å². The number of hydrogen-bond acceptors (Lipinski definition) is 3. The fourth-order valence-electron chi connectivity index (χ4n) is 1.76. The molecule has 0 aromatic carbocycles. The van der Waals surface area contributed by atoms with E-state index in [4.69, 9.17) is 0 Å². The van der Waals surface area contributed by atoms with Crippen LogP contribution in [0, 0.1) is 0 Å². The van der Waals surface area contributed by atoms with Gasteiger partial charge in [0.25, 0.3) is 5.91 Å². The highest BCUT2D eigenvalue weighted by Crippen LogP contribution is 2.05. The van der Waals surface area contributed by atoms with Gasteiger partial charge in [-0.2, -0.15) is 5.10 Å². The highest BCUT2D eigenvalue weighted by molar-refractivity contribution is 5.95. The number of nitrogens with one attached hydrogen (secondary N) is 2. The molecule has 0 saturated carbocycles. The van der Waals surface area contributed by atoms with Gasteiger partial charge in [-0.1, -0.05) is 6.07 Å². The van der Waals surface area contributed by atoms with Crippen LogP contribution >= 0.6 is 0 Å². The molecule has 0 bridgehead atoms. The number of pyridine rings is 1. The molecule has 0 atom stereocenters. The Bertz CT molecular complexity index is 607. The summed E-state index contributed by atoms with van der Waals surface area (Å²) in [7, 11) is 0. The lowest BCUT2D eigenvalue weighted by molar-refractivity contribution is -0.121. The van der Waals surface area contributed by atoms with E-state index in [0.717, 1.165) is 5.52 Å². The lowest BCUT2D eigenvalue weighted by Crippen LogP contribution is -2.45. The van der Waals surface area contributed by atoms with Crippen molar-refractivity contribution in [3.63, 3.8) is 0 Å². The summed E-state index contributed by atoms with van der Waals surface area (Å²) >= 11 is 0. The van der Waals surface area contributed by atoms with E-state index < -0.39 is 0 Å². The second-order valence-corrected chi connectivity index (χ2v) is 5.58. The zero-order valence-electron chi connectivity index (χ0n) is 11.8. The molecular formula is C14H18N4O2. The average molecular weight is 274 g/mol. The zero-order valence-corrected chi connectivity index (χ0v) is 11.8. The largest absolute Gasteiger partial charge is 0.350 e. The Morgan fingerprint density at radius 2 is 2.05 bits per heavy atom. The smallest absolute Gasteiger partial charge is 0.272 e. The molecule has 2 aromatic rings. The molecule has 0 aliphatic heterocycles. The first kappa shape index (κ1) is 14.0. The van der Waals surface area contributed by atoms with Gasteiger partial charge < -0.3 is 10.6 Å². The van der Waals surface area contributed by atoms with Crippen molar-refractivity contribution < 1.29 is 9.59 Å². The van der Waals surface area contributed by atoms with Crippen molar-refractivity contribution in [1.82, 2.24) is 20.2 Å². The third-order valence-corrected chi connectivity index (χ3v) is 2.53. The molecule has 6 nitrogen and oxygen atoms in total.